The molecular formula is C12H14O5S. The van der Waals surface area contributed by atoms with Gasteiger partial charge >= 0.3 is 0 Å². The van der Waals surface area contributed by atoms with E-state index in [4.69, 9.17) is 9.47 Å². The molecule has 18 heavy (non-hydrogen) atoms. The van der Waals surface area contributed by atoms with Crippen LogP contribution in [0.15, 0.2) is 17.0 Å². The van der Waals surface area contributed by atoms with E-state index in [-0.39, 0.29) is 10.6 Å². The highest BCUT2D eigenvalue weighted by molar-refractivity contribution is 7.90. The van der Waals surface area contributed by atoms with E-state index in [0.717, 1.165) is 6.26 Å². The van der Waals surface area contributed by atoms with Crippen LogP contribution < -0.4 is 0 Å². The fourth-order valence-corrected chi connectivity index (χ4v) is 3.72. The third kappa shape index (κ3) is 1.56. The van der Waals surface area contributed by atoms with Gasteiger partial charge in [-0.05, 0) is 18.6 Å². The van der Waals surface area contributed by atoms with Crippen molar-refractivity contribution < 1.29 is 23.0 Å². The van der Waals surface area contributed by atoms with Gasteiger partial charge in [-0.2, -0.15) is 0 Å². The lowest BCUT2D eigenvalue weighted by Gasteiger charge is -2.24. The second-order valence-electron chi connectivity index (χ2n) is 4.66. The zero-order chi connectivity index (χ0) is 13.0. The number of ether oxygens (including phenoxy) is 2. The Labute approximate surface area is 105 Å². The number of phenols is 1. The van der Waals surface area contributed by atoms with Gasteiger partial charge in [-0.1, -0.05) is 0 Å². The van der Waals surface area contributed by atoms with Crippen LogP contribution in [0.2, 0.25) is 0 Å². The van der Waals surface area contributed by atoms with Crippen LogP contribution in [0.1, 0.15) is 17.5 Å². The maximum absolute atomic E-state index is 11.9. The first kappa shape index (κ1) is 12.0. The van der Waals surface area contributed by atoms with Crippen molar-refractivity contribution in [1.82, 2.24) is 0 Å². The zero-order valence-electron chi connectivity index (χ0n) is 9.97. The molecule has 3 rings (SSSR count). The van der Waals surface area contributed by atoms with Gasteiger partial charge in [0.1, 0.15) is 5.75 Å². The van der Waals surface area contributed by atoms with Gasteiger partial charge in [0.05, 0.1) is 18.1 Å². The molecule has 0 aromatic heterocycles. The third-order valence-electron chi connectivity index (χ3n) is 3.49. The summed E-state index contributed by atoms with van der Waals surface area (Å²) in [5, 5.41) is 9.86. The Morgan fingerprint density at radius 2 is 1.94 bits per heavy atom. The average Bonchev–Trinajstić information content (AvgIpc) is 2.88. The molecule has 1 aliphatic heterocycles. The number of rotatable bonds is 1. The van der Waals surface area contributed by atoms with E-state index < -0.39 is 15.6 Å². The summed E-state index contributed by atoms with van der Waals surface area (Å²) in [6.07, 6.45) is 2.26. The first-order valence-corrected chi connectivity index (χ1v) is 7.66. The number of fused-ring (bicyclic) bond motifs is 2. The average molecular weight is 270 g/mol. The summed E-state index contributed by atoms with van der Waals surface area (Å²) in [5.41, 5.74) is 1.11. The van der Waals surface area contributed by atoms with Crippen molar-refractivity contribution in [2.75, 3.05) is 19.5 Å². The van der Waals surface area contributed by atoms with Crippen molar-refractivity contribution in [2.24, 2.45) is 0 Å². The summed E-state index contributed by atoms with van der Waals surface area (Å²) in [4.78, 5) is 0.190. The molecule has 1 N–H and O–H groups in total. The summed E-state index contributed by atoms with van der Waals surface area (Å²) >= 11 is 0. The van der Waals surface area contributed by atoms with Gasteiger partial charge in [0.25, 0.3) is 0 Å². The number of hydrogen-bond donors (Lipinski definition) is 1. The van der Waals surface area contributed by atoms with Crippen LogP contribution in [0, 0.1) is 0 Å². The van der Waals surface area contributed by atoms with E-state index in [0.29, 0.717) is 37.2 Å². The van der Waals surface area contributed by atoms with Crippen LogP contribution >= 0.6 is 0 Å². The molecule has 6 heteroatoms. The highest BCUT2D eigenvalue weighted by Crippen LogP contribution is 2.48. The molecule has 5 nitrogen and oxygen atoms in total. The fourth-order valence-electron chi connectivity index (χ4n) is 2.75. The summed E-state index contributed by atoms with van der Waals surface area (Å²) in [7, 11) is -3.38. The minimum absolute atomic E-state index is 0.105. The zero-order valence-corrected chi connectivity index (χ0v) is 10.8. The van der Waals surface area contributed by atoms with Crippen LogP contribution in [-0.2, 0) is 31.5 Å². The number of sulfone groups is 1. The molecule has 1 aliphatic carbocycles. The van der Waals surface area contributed by atoms with E-state index in [1.165, 1.54) is 12.1 Å². The van der Waals surface area contributed by atoms with Crippen molar-refractivity contribution in [3.05, 3.63) is 23.3 Å². The van der Waals surface area contributed by atoms with E-state index in [1.54, 1.807) is 0 Å². The quantitative estimate of drug-likeness (QED) is 0.822. The molecule has 1 saturated heterocycles. The minimum Gasteiger partial charge on any atom is -0.508 e. The smallest absolute Gasteiger partial charge is 0.196 e. The number of benzene rings is 1. The predicted octanol–water partition coefficient (Wildman–Crippen LogP) is 0.942. The minimum atomic E-state index is -3.38. The van der Waals surface area contributed by atoms with Crippen LogP contribution in [-0.4, -0.2) is 33.0 Å². The lowest BCUT2D eigenvalue weighted by Crippen LogP contribution is -2.25. The molecular weight excluding hydrogens is 256 g/mol. The van der Waals surface area contributed by atoms with Crippen molar-refractivity contribution in [3.63, 3.8) is 0 Å². The first-order valence-electron chi connectivity index (χ1n) is 5.77. The van der Waals surface area contributed by atoms with Crippen molar-refractivity contribution in [3.8, 4) is 5.75 Å². The van der Waals surface area contributed by atoms with Gasteiger partial charge in [0, 0.05) is 23.8 Å². The molecule has 98 valence electrons. The summed E-state index contributed by atoms with van der Waals surface area (Å²) < 4.78 is 34.9. The summed E-state index contributed by atoms with van der Waals surface area (Å²) in [5.74, 6) is -0.875. The highest BCUT2D eigenvalue weighted by Gasteiger charge is 2.48. The van der Waals surface area contributed by atoms with Crippen molar-refractivity contribution in [2.45, 2.75) is 23.5 Å². The SMILES string of the molecule is CS(=O)(=O)c1ccc(O)c2c1C1(CC2)OCCO1. The Kier molecular flexibility index (Phi) is 2.45. The monoisotopic (exact) mass is 270 g/mol. The molecule has 1 aromatic carbocycles. The Balaban J connectivity index is 2.30. The summed E-state index contributed by atoms with van der Waals surface area (Å²) in [6, 6.07) is 2.84. The molecule has 1 heterocycles. The Hall–Kier alpha value is -1.11. The van der Waals surface area contributed by atoms with Crippen molar-refractivity contribution in [1.29, 1.82) is 0 Å². The van der Waals surface area contributed by atoms with E-state index >= 15 is 0 Å². The molecule has 1 spiro atoms. The topological polar surface area (TPSA) is 72.8 Å². The predicted molar refractivity (Wildman–Crippen MR) is 63.1 cm³/mol. The van der Waals surface area contributed by atoms with Crippen LogP contribution in [0.25, 0.3) is 0 Å². The largest absolute Gasteiger partial charge is 0.508 e. The molecule has 0 saturated carbocycles. The maximum Gasteiger partial charge on any atom is 0.196 e. The molecule has 2 aliphatic rings. The first-order chi connectivity index (χ1) is 8.44. The molecule has 0 unspecified atom stereocenters. The van der Waals surface area contributed by atoms with Crippen LogP contribution in [0.4, 0.5) is 0 Å². The van der Waals surface area contributed by atoms with E-state index in [9.17, 15) is 13.5 Å². The normalized spacial score (nSPS) is 21.4. The van der Waals surface area contributed by atoms with Crippen LogP contribution in [0.3, 0.4) is 0 Å². The second-order valence-corrected chi connectivity index (χ2v) is 6.64. The third-order valence-corrected chi connectivity index (χ3v) is 4.63. The standard InChI is InChI=1S/C12H14O5S/c1-18(14,15)10-3-2-9(13)8-4-5-12(11(8)10)16-6-7-17-12/h2-3,13H,4-7H2,1H3. The molecule has 1 aromatic rings. The molecule has 0 amide bonds. The molecule has 0 atom stereocenters. The summed E-state index contributed by atoms with van der Waals surface area (Å²) in [6.45, 7) is 0.886. The fraction of sp³-hybridized carbons (Fsp3) is 0.500. The Morgan fingerprint density at radius 1 is 1.28 bits per heavy atom. The highest BCUT2D eigenvalue weighted by atomic mass is 32.2. The Bertz CT molecular complexity index is 599. The van der Waals surface area contributed by atoms with Gasteiger partial charge in [-0.3, -0.25) is 0 Å². The maximum atomic E-state index is 11.9. The van der Waals surface area contributed by atoms with Crippen LogP contribution in [0.5, 0.6) is 5.75 Å². The molecule has 0 radical (unpaired) electrons. The lowest BCUT2D eigenvalue weighted by atomic mass is 10.1. The number of aromatic hydroxyl groups is 1. The molecule has 0 bridgehead atoms. The Morgan fingerprint density at radius 3 is 2.56 bits per heavy atom. The van der Waals surface area contributed by atoms with Gasteiger partial charge in [-0.25, -0.2) is 8.42 Å². The van der Waals surface area contributed by atoms with Gasteiger partial charge in [0.15, 0.2) is 15.6 Å². The van der Waals surface area contributed by atoms with E-state index in [1.807, 2.05) is 0 Å². The van der Waals surface area contributed by atoms with Gasteiger partial charge in [0.2, 0.25) is 0 Å². The number of phenolic OH excluding ortho intramolecular Hbond substituents is 1. The van der Waals surface area contributed by atoms with Crippen molar-refractivity contribution >= 4 is 9.84 Å². The number of hydrogen-bond acceptors (Lipinski definition) is 5. The second kappa shape index (κ2) is 3.69. The van der Waals surface area contributed by atoms with Gasteiger partial charge < -0.3 is 14.6 Å². The van der Waals surface area contributed by atoms with Gasteiger partial charge in [-0.15, -0.1) is 0 Å². The molecule has 1 fully saturated rings. The van der Waals surface area contributed by atoms with E-state index in [2.05, 4.69) is 0 Å². The lowest BCUT2D eigenvalue weighted by molar-refractivity contribution is -0.164.